The number of amides is 2. The molecule has 104 valence electrons. The molecule has 18 heavy (non-hydrogen) atoms. The van der Waals surface area contributed by atoms with Crippen LogP contribution in [0.5, 0.6) is 0 Å². The number of ether oxygens (including phenoxy) is 1. The molecule has 7 nitrogen and oxygen atoms in total. The molecule has 1 heterocycles. The Morgan fingerprint density at radius 3 is 2.56 bits per heavy atom. The molecule has 2 amide bonds. The first-order chi connectivity index (χ1) is 8.23. The molecule has 0 radical (unpaired) electrons. The van der Waals surface area contributed by atoms with Crippen LogP contribution >= 0.6 is 0 Å². The third kappa shape index (κ3) is 4.15. The summed E-state index contributed by atoms with van der Waals surface area (Å²) < 4.78 is 5.20. The molecule has 0 aromatic rings. The van der Waals surface area contributed by atoms with Gasteiger partial charge in [-0.05, 0) is 20.8 Å². The predicted octanol–water partition coefficient (Wildman–Crippen LogP) is 0.391. The Kier molecular flexibility index (Phi) is 4.53. The van der Waals surface area contributed by atoms with Gasteiger partial charge in [-0.25, -0.2) is 4.79 Å². The Bertz CT molecular complexity index is 327. The van der Waals surface area contributed by atoms with Gasteiger partial charge in [0.1, 0.15) is 12.3 Å². The Balaban J connectivity index is 2.53. The van der Waals surface area contributed by atoms with Crippen molar-refractivity contribution in [3.8, 4) is 0 Å². The van der Waals surface area contributed by atoms with Gasteiger partial charge in [0.25, 0.3) is 0 Å². The van der Waals surface area contributed by atoms with Gasteiger partial charge in [0, 0.05) is 20.0 Å². The summed E-state index contributed by atoms with van der Waals surface area (Å²) >= 11 is 0. The average molecular weight is 259 g/mol. The van der Waals surface area contributed by atoms with Gasteiger partial charge in [-0.3, -0.25) is 9.69 Å². The number of hydroxylamine groups is 2. The van der Waals surface area contributed by atoms with E-state index in [2.05, 4.69) is 5.32 Å². The summed E-state index contributed by atoms with van der Waals surface area (Å²) in [4.78, 5) is 24.4. The Morgan fingerprint density at radius 1 is 1.44 bits per heavy atom. The minimum atomic E-state index is -0.573. The van der Waals surface area contributed by atoms with E-state index in [1.807, 2.05) is 0 Å². The van der Waals surface area contributed by atoms with Crippen LogP contribution in [0.3, 0.4) is 0 Å². The van der Waals surface area contributed by atoms with Crippen LogP contribution in [0.1, 0.15) is 27.2 Å². The standard InChI is InChI=1S/C11H21N3O4/c1-11(2,3)18-10(16)13-6-8(14(17)7-13)5-9(15)12-4/h8,17H,5-7H2,1-4H3,(H,12,15). The number of hydrogen-bond donors (Lipinski definition) is 2. The number of rotatable bonds is 2. The van der Waals surface area contributed by atoms with Gasteiger partial charge >= 0.3 is 6.09 Å². The van der Waals surface area contributed by atoms with Crippen molar-refractivity contribution < 1.29 is 19.5 Å². The normalized spacial score (nSPS) is 20.9. The fourth-order valence-electron chi connectivity index (χ4n) is 1.64. The Morgan fingerprint density at radius 2 is 2.06 bits per heavy atom. The van der Waals surface area contributed by atoms with E-state index < -0.39 is 17.7 Å². The molecule has 1 atom stereocenters. The predicted molar refractivity (Wildman–Crippen MR) is 63.9 cm³/mol. The third-order valence-corrected chi connectivity index (χ3v) is 2.52. The molecule has 1 rings (SSSR count). The molecule has 0 spiro atoms. The second-order valence-electron chi connectivity index (χ2n) is 5.31. The van der Waals surface area contributed by atoms with E-state index in [1.165, 1.54) is 11.9 Å². The SMILES string of the molecule is CNC(=O)CC1CN(C(=O)OC(C)(C)C)CN1O. The summed E-state index contributed by atoms with van der Waals surface area (Å²) in [6, 6.07) is -0.391. The van der Waals surface area contributed by atoms with Gasteiger partial charge in [0.05, 0.1) is 6.04 Å². The van der Waals surface area contributed by atoms with E-state index in [1.54, 1.807) is 20.8 Å². The highest BCUT2D eigenvalue weighted by Crippen LogP contribution is 2.17. The Labute approximate surface area is 107 Å². The zero-order valence-electron chi connectivity index (χ0n) is 11.3. The lowest BCUT2D eigenvalue weighted by atomic mass is 10.2. The van der Waals surface area contributed by atoms with Crippen LogP contribution in [0.4, 0.5) is 4.79 Å². The molecule has 1 saturated heterocycles. The first-order valence-electron chi connectivity index (χ1n) is 5.87. The van der Waals surface area contributed by atoms with Crippen molar-refractivity contribution >= 4 is 12.0 Å². The summed E-state index contributed by atoms with van der Waals surface area (Å²) in [6.07, 6.45) is -0.340. The molecular weight excluding hydrogens is 238 g/mol. The second-order valence-corrected chi connectivity index (χ2v) is 5.31. The lowest BCUT2D eigenvalue weighted by molar-refractivity contribution is -0.132. The van der Waals surface area contributed by atoms with Crippen LogP contribution in [0.2, 0.25) is 0 Å². The van der Waals surface area contributed by atoms with Crippen molar-refractivity contribution in [3.63, 3.8) is 0 Å². The monoisotopic (exact) mass is 259 g/mol. The molecule has 0 aliphatic carbocycles. The molecule has 1 fully saturated rings. The highest BCUT2D eigenvalue weighted by molar-refractivity contribution is 5.76. The third-order valence-electron chi connectivity index (χ3n) is 2.52. The highest BCUT2D eigenvalue weighted by Gasteiger charge is 2.35. The van der Waals surface area contributed by atoms with Gasteiger partial charge in [-0.2, -0.15) is 5.06 Å². The Hall–Kier alpha value is -1.34. The smallest absolute Gasteiger partial charge is 0.411 e. The minimum absolute atomic E-state index is 0.0522. The number of nitrogens with one attached hydrogen (secondary N) is 1. The fourth-order valence-corrected chi connectivity index (χ4v) is 1.64. The average Bonchev–Trinajstić information content (AvgIpc) is 2.58. The van der Waals surface area contributed by atoms with Crippen molar-refractivity contribution in [1.82, 2.24) is 15.3 Å². The topological polar surface area (TPSA) is 82.1 Å². The van der Waals surface area contributed by atoms with E-state index in [-0.39, 0.29) is 25.5 Å². The lowest BCUT2D eigenvalue weighted by Crippen LogP contribution is -2.36. The summed E-state index contributed by atoms with van der Waals surface area (Å²) in [5, 5.41) is 13.1. The molecule has 0 aromatic heterocycles. The van der Waals surface area contributed by atoms with Crippen LogP contribution < -0.4 is 5.32 Å². The molecule has 0 bridgehead atoms. The van der Waals surface area contributed by atoms with Gasteiger partial charge in [0.2, 0.25) is 5.91 Å². The van der Waals surface area contributed by atoms with E-state index in [0.29, 0.717) is 0 Å². The van der Waals surface area contributed by atoms with E-state index in [9.17, 15) is 14.8 Å². The molecular formula is C11H21N3O4. The van der Waals surface area contributed by atoms with Crippen molar-refractivity contribution in [3.05, 3.63) is 0 Å². The van der Waals surface area contributed by atoms with Crippen LogP contribution in [0.25, 0.3) is 0 Å². The zero-order chi connectivity index (χ0) is 13.9. The molecule has 1 aliphatic rings. The lowest BCUT2D eigenvalue weighted by Gasteiger charge is -2.23. The van der Waals surface area contributed by atoms with Crippen molar-refractivity contribution in [2.45, 2.75) is 38.8 Å². The van der Waals surface area contributed by atoms with Crippen molar-refractivity contribution in [1.29, 1.82) is 0 Å². The first kappa shape index (κ1) is 14.7. The van der Waals surface area contributed by atoms with E-state index in [0.717, 1.165) is 5.06 Å². The first-order valence-corrected chi connectivity index (χ1v) is 5.87. The van der Waals surface area contributed by atoms with E-state index in [4.69, 9.17) is 4.74 Å². The maximum atomic E-state index is 11.8. The number of carbonyl (C=O) groups excluding carboxylic acids is 2. The molecule has 0 aromatic carbocycles. The second kappa shape index (κ2) is 5.53. The molecule has 1 aliphatic heterocycles. The largest absolute Gasteiger partial charge is 0.444 e. The quantitative estimate of drug-likeness (QED) is 0.749. The van der Waals surface area contributed by atoms with Crippen LogP contribution in [-0.4, -0.2) is 59.1 Å². The molecule has 1 unspecified atom stereocenters. The summed E-state index contributed by atoms with van der Waals surface area (Å²) in [6.45, 7) is 5.66. The molecule has 0 saturated carbocycles. The summed E-state index contributed by atoms with van der Waals surface area (Å²) in [5.74, 6) is -0.176. The van der Waals surface area contributed by atoms with Gasteiger partial charge in [-0.15, -0.1) is 0 Å². The molecule has 7 heteroatoms. The fraction of sp³-hybridized carbons (Fsp3) is 0.818. The van der Waals surface area contributed by atoms with E-state index >= 15 is 0 Å². The number of carbonyl (C=O) groups is 2. The highest BCUT2D eigenvalue weighted by atomic mass is 16.6. The van der Waals surface area contributed by atoms with Crippen LogP contribution in [0.15, 0.2) is 0 Å². The maximum Gasteiger partial charge on any atom is 0.411 e. The van der Waals surface area contributed by atoms with Crippen LogP contribution in [0, 0.1) is 0 Å². The summed E-state index contributed by atoms with van der Waals surface area (Å²) in [5.41, 5.74) is -0.573. The molecule has 2 N–H and O–H groups in total. The van der Waals surface area contributed by atoms with Gasteiger partial charge < -0.3 is 15.3 Å². The van der Waals surface area contributed by atoms with Gasteiger partial charge in [0.15, 0.2) is 0 Å². The van der Waals surface area contributed by atoms with Crippen LogP contribution in [-0.2, 0) is 9.53 Å². The van der Waals surface area contributed by atoms with Crippen molar-refractivity contribution in [2.24, 2.45) is 0 Å². The number of hydrogen-bond acceptors (Lipinski definition) is 5. The minimum Gasteiger partial charge on any atom is -0.444 e. The van der Waals surface area contributed by atoms with Gasteiger partial charge in [-0.1, -0.05) is 0 Å². The number of nitrogens with zero attached hydrogens (tertiary/aromatic N) is 2. The van der Waals surface area contributed by atoms with Crippen molar-refractivity contribution in [2.75, 3.05) is 20.3 Å². The maximum absolute atomic E-state index is 11.8. The zero-order valence-corrected chi connectivity index (χ0v) is 11.3. The summed E-state index contributed by atoms with van der Waals surface area (Å²) in [7, 11) is 1.53.